The molecular formula is C20H32IN5OS2. The van der Waals surface area contributed by atoms with E-state index in [4.69, 9.17) is 9.73 Å². The van der Waals surface area contributed by atoms with Crippen molar-refractivity contribution >= 4 is 52.6 Å². The van der Waals surface area contributed by atoms with Crippen molar-refractivity contribution in [1.29, 1.82) is 0 Å². The molecule has 0 amide bonds. The van der Waals surface area contributed by atoms with Crippen molar-refractivity contribution in [3.63, 3.8) is 0 Å². The van der Waals surface area contributed by atoms with E-state index in [0.29, 0.717) is 12.6 Å². The monoisotopic (exact) mass is 549 g/mol. The number of nitrogens with one attached hydrogen (secondary N) is 2. The fraction of sp³-hybridized carbons (Fsp3) is 0.600. The van der Waals surface area contributed by atoms with Crippen LogP contribution in [0, 0.1) is 6.92 Å². The summed E-state index contributed by atoms with van der Waals surface area (Å²) in [6.45, 7) is 12.2. The Bertz CT molecular complexity index is 758. The van der Waals surface area contributed by atoms with Crippen LogP contribution in [-0.2, 0) is 17.7 Å². The molecule has 0 saturated carbocycles. The number of rotatable bonds is 8. The summed E-state index contributed by atoms with van der Waals surface area (Å²) in [4.78, 5) is 15.8. The van der Waals surface area contributed by atoms with E-state index in [1.165, 1.54) is 14.6 Å². The van der Waals surface area contributed by atoms with Crippen molar-refractivity contribution in [1.82, 2.24) is 20.5 Å². The zero-order chi connectivity index (χ0) is 19.8. The fourth-order valence-corrected chi connectivity index (χ4v) is 5.00. The summed E-state index contributed by atoms with van der Waals surface area (Å²) in [6.07, 6.45) is 2.99. The number of nitrogens with zero attached hydrogens (tertiary/aromatic N) is 3. The number of guanidine groups is 1. The van der Waals surface area contributed by atoms with Gasteiger partial charge in [0.15, 0.2) is 5.96 Å². The Balaban J connectivity index is 0.00000300. The van der Waals surface area contributed by atoms with E-state index in [0.717, 1.165) is 56.8 Å². The predicted octanol–water partition coefficient (Wildman–Crippen LogP) is 3.82. The van der Waals surface area contributed by atoms with E-state index in [9.17, 15) is 0 Å². The first-order chi connectivity index (χ1) is 13.7. The molecule has 0 aliphatic carbocycles. The molecule has 1 saturated heterocycles. The maximum absolute atomic E-state index is 5.55. The Kier molecular flexibility index (Phi) is 10.9. The van der Waals surface area contributed by atoms with Crippen molar-refractivity contribution in [3.05, 3.63) is 38.0 Å². The van der Waals surface area contributed by atoms with Gasteiger partial charge in [0.25, 0.3) is 0 Å². The molecule has 0 spiro atoms. The quantitative estimate of drug-likeness (QED) is 0.298. The number of halogens is 1. The predicted molar refractivity (Wildman–Crippen MR) is 134 cm³/mol. The van der Waals surface area contributed by atoms with E-state index >= 15 is 0 Å². The van der Waals surface area contributed by atoms with Gasteiger partial charge in [0.05, 0.1) is 25.8 Å². The number of thiophene rings is 1. The summed E-state index contributed by atoms with van der Waals surface area (Å²) in [7, 11) is 0. The number of aliphatic imine (C=N–C) groups is 1. The molecule has 1 atom stereocenters. The average Bonchev–Trinajstić information content (AvgIpc) is 3.36. The lowest BCUT2D eigenvalue weighted by atomic mass is 10.2. The Hall–Kier alpha value is -0.750. The van der Waals surface area contributed by atoms with Gasteiger partial charge in [0.1, 0.15) is 5.01 Å². The third kappa shape index (κ3) is 7.46. The Morgan fingerprint density at radius 3 is 2.66 bits per heavy atom. The summed E-state index contributed by atoms with van der Waals surface area (Å²) >= 11 is 3.62. The third-order valence-corrected chi connectivity index (χ3v) is 6.93. The fourth-order valence-electron chi connectivity index (χ4n) is 3.20. The van der Waals surface area contributed by atoms with Crippen molar-refractivity contribution in [2.24, 2.45) is 4.99 Å². The molecule has 29 heavy (non-hydrogen) atoms. The van der Waals surface area contributed by atoms with Crippen LogP contribution in [0.2, 0.25) is 0 Å². The van der Waals surface area contributed by atoms with Gasteiger partial charge in [0, 0.05) is 47.0 Å². The SMILES string of the molecule is CCNC(=NCc1ncc(CC)s1)NCC(c1ccc(C)s1)N1CCOCC1.I. The second-order valence-corrected chi connectivity index (χ2v) is 9.28. The van der Waals surface area contributed by atoms with E-state index in [1.54, 1.807) is 11.3 Å². The summed E-state index contributed by atoms with van der Waals surface area (Å²) in [5.41, 5.74) is 0. The number of ether oxygens (including phenoxy) is 1. The summed E-state index contributed by atoms with van der Waals surface area (Å²) in [5, 5.41) is 7.98. The first-order valence-electron chi connectivity index (χ1n) is 10.0. The van der Waals surface area contributed by atoms with Crippen LogP contribution in [0.4, 0.5) is 0 Å². The van der Waals surface area contributed by atoms with Crippen LogP contribution in [0.5, 0.6) is 0 Å². The van der Waals surface area contributed by atoms with Gasteiger partial charge in [-0.15, -0.1) is 46.7 Å². The van der Waals surface area contributed by atoms with E-state index in [2.05, 4.69) is 53.4 Å². The smallest absolute Gasteiger partial charge is 0.191 e. The highest BCUT2D eigenvalue weighted by Crippen LogP contribution is 2.27. The molecule has 0 bridgehead atoms. The highest BCUT2D eigenvalue weighted by molar-refractivity contribution is 14.0. The molecule has 2 aromatic rings. The molecule has 1 aliphatic heterocycles. The van der Waals surface area contributed by atoms with Crippen LogP contribution in [0.25, 0.3) is 0 Å². The van der Waals surface area contributed by atoms with Gasteiger partial charge in [-0.3, -0.25) is 4.90 Å². The number of aromatic nitrogens is 1. The minimum absolute atomic E-state index is 0. The molecule has 0 radical (unpaired) electrons. The number of hydrogen-bond acceptors (Lipinski definition) is 6. The second kappa shape index (κ2) is 12.8. The summed E-state index contributed by atoms with van der Waals surface area (Å²) in [6, 6.07) is 4.80. The largest absolute Gasteiger partial charge is 0.379 e. The van der Waals surface area contributed by atoms with Crippen LogP contribution in [-0.4, -0.2) is 55.2 Å². The lowest BCUT2D eigenvalue weighted by Crippen LogP contribution is -2.46. The van der Waals surface area contributed by atoms with Crippen molar-refractivity contribution in [2.45, 2.75) is 39.8 Å². The standard InChI is InChI=1S/C20H31N5OS2.HI/c1-4-16-12-22-19(28-16)14-24-20(21-5-2)23-13-17(18-7-6-15(3)27-18)25-8-10-26-11-9-25;/h6-7,12,17H,4-5,8-11,13-14H2,1-3H3,(H2,21,23,24);1H. The highest BCUT2D eigenvalue weighted by atomic mass is 127. The van der Waals surface area contributed by atoms with E-state index < -0.39 is 0 Å². The molecule has 2 N–H and O–H groups in total. The van der Waals surface area contributed by atoms with Gasteiger partial charge in [-0.2, -0.15) is 0 Å². The normalized spacial score (nSPS) is 16.3. The van der Waals surface area contributed by atoms with Crippen molar-refractivity contribution in [2.75, 3.05) is 39.4 Å². The molecule has 3 rings (SSSR count). The molecule has 1 fully saturated rings. The van der Waals surface area contributed by atoms with E-state index in [1.807, 2.05) is 17.5 Å². The molecule has 1 unspecified atom stereocenters. The first kappa shape index (κ1) is 24.5. The van der Waals surface area contributed by atoms with Crippen molar-refractivity contribution in [3.8, 4) is 0 Å². The van der Waals surface area contributed by atoms with Crippen LogP contribution < -0.4 is 10.6 Å². The minimum Gasteiger partial charge on any atom is -0.379 e. The van der Waals surface area contributed by atoms with E-state index in [-0.39, 0.29) is 24.0 Å². The lowest BCUT2D eigenvalue weighted by Gasteiger charge is -2.34. The molecule has 2 aromatic heterocycles. The summed E-state index contributed by atoms with van der Waals surface area (Å²) < 4.78 is 5.55. The Morgan fingerprint density at radius 2 is 2.03 bits per heavy atom. The topological polar surface area (TPSA) is 61.8 Å². The molecule has 162 valence electrons. The minimum atomic E-state index is 0. The molecule has 0 aromatic carbocycles. The molecule has 6 nitrogen and oxygen atoms in total. The van der Waals surface area contributed by atoms with Crippen LogP contribution in [0.1, 0.15) is 39.5 Å². The van der Waals surface area contributed by atoms with Gasteiger partial charge in [0.2, 0.25) is 0 Å². The van der Waals surface area contributed by atoms with Gasteiger partial charge in [-0.05, 0) is 32.4 Å². The third-order valence-electron chi connectivity index (χ3n) is 4.71. The van der Waals surface area contributed by atoms with Crippen LogP contribution in [0.15, 0.2) is 23.3 Å². The number of aryl methyl sites for hydroxylation is 2. The maximum atomic E-state index is 5.55. The second-order valence-electron chi connectivity index (χ2n) is 6.76. The lowest BCUT2D eigenvalue weighted by molar-refractivity contribution is 0.0177. The van der Waals surface area contributed by atoms with Crippen LogP contribution >= 0.6 is 46.7 Å². The molecular weight excluding hydrogens is 517 g/mol. The highest BCUT2D eigenvalue weighted by Gasteiger charge is 2.24. The average molecular weight is 550 g/mol. The first-order valence-corrected chi connectivity index (χ1v) is 11.7. The Morgan fingerprint density at radius 1 is 1.24 bits per heavy atom. The number of morpholine rings is 1. The number of hydrogen-bond donors (Lipinski definition) is 2. The number of thiazole rings is 1. The summed E-state index contributed by atoms with van der Waals surface area (Å²) in [5.74, 6) is 0.849. The Labute approximate surface area is 199 Å². The van der Waals surface area contributed by atoms with Gasteiger partial charge >= 0.3 is 0 Å². The van der Waals surface area contributed by atoms with Crippen LogP contribution in [0.3, 0.4) is 0 Å². The molecule has 3 heterocycles. The van der Waals surface area contributed by atoms with Gasteiger partial charge < -0.3 is 15.4 Å². The van der Waals surface area contributed by atoms with Crippen molar-refractivity contribution < 1.29 is 4.74 Å². The zero-order valence-electron chi connectivity index (χ0n) is 17.4. The molecule has 1 aliphatic rings. The maximum Gasteiger partial charge on any atom is 0.191 e. The zero-order valence-corrected chi connectivity index (χ0v) is 21.4. The van der Waals surface area contributed by atoms with Gasteiger partial charge in [-0.25, -0.2) is 9.98 Å². The molecule has 9 heteroatoms. The van der Waals surface area contributed by atoms with Gasteiger partial charge in [-0.1, -0.05) is 6.92 Å².